The first kappa shape index (κ1) is 25.3. The minimum Gasteiger partial charge on any atom is -0.370 e. The van der Waals surface area contributed by atoms with Crippen molar-refractivity contribution in [3.8, 4) is 0 Å². The Morgan fingerprint density at radius 2 is 1.97 bits per heavy atom. The molecule has 8 heteroatoms. The largest absolute Gasteiger partial charge is 0.418 e. The van der Waals surface area contributed by atoms with E-state index in [-0.39, 0.29) is 23.4 Å². The quantitative estimate of drug-likeness (QED) is 0.604. The van der Waals surface area contributed by atoms with Crippen LogP contribution in [0.3, 0.4) is 0 Å². The highest BCUT2D eigenvalue weighted by molar-refractivity contribution is 5.83. The number of likely N-dealkylation sites (tertiary alicyclic amines) is 1. The van der Waals surface area contributed by atoms with Crippen molar-refractivity contribution in [2.24, 2.45) is 22.7 Å². The molecule has 2 aliphatic heterocycles. The molecule has 2 fully saturated rings. The highest BCUT2D eigenvalue weighted by Crippen LogP contribution is 2.43. The molecule has 2 aliphatic rings. The average molecular weight is 465 g/mol. The Kier molecular flexibility index (Phi) is 8.21. The number of carbonyl (C=O) groups excluding carboxylic acids is 1. The molecule has 1 aromatic carbocycles. The molecule has 182 valence electrons. The summed E-state index contributed by atoms with van der Waals surface area (Å²) in [6.07, 6.45) is 1.76. The Bertz CT molecular complexity index is 875. The molecule has 0 aromatic heterocycles. The number of piperidine rings is 2. The molecule has 0 spiro atoms. The maximum Gasteiger partial charge on any atom is 0.418 e. The minimum atomic E-state index is -4.52. The highest BCUT2D eigenvalue weighted by atomic mass is 19.4. The second-order valence-corrected chi connectivity index (χ2v) is 9.48. The summed E-state index contributed by atoms with van der Waals surface area (Å²) in [7, 11) is 2.11. The highest BCUT2D eigenvalue weighted by Gasteiger charge is 2.36. The van der Waals surface area contributed by atoms with Gasteiger partial charge in [0.15, 0.2) is 0 Å². The smallest absolute Gasteiger partial charge is 0.370 e. The number of nitrogens with zero attached hydrogens (tertiary/aromatic N) is 3. The molecular weight excluding hydrogens is 429 g/mol. The van der Waals surface area contributed by atoms with Crippen molar-refractivity contribution in [1.82, 2.24) is 10.2 Å². The van der Waals surface area contributed by atoms with E-state index in [1.165, 1.54) is 6.07 Å². The van der Waals surface area contributed by atoms with Crippen molar-refractivity contribution < 1.29 is 18.0 Å². The van der Waals surface area contributed by atoms with Crippen molar-refractivity contribution in [1.29, 1.82) is 0 Å². The van der Waals surface area contributed by atoms with E-state index in [1.807, 2.05) is 4.90 Å². The predicted octanol–water partition coefficient (Wildman–Crippen LogP) is 4.99. The zero-order valence-corrected chi connectivity index (χ0v) is 19.8. The molecular formula is C25H35F3N4O. The maximum atomic E-state index is 13.5. The lowest BCUT2D eigenvalue weighted by Crippen LogP contribution is -2.47. The summed E-state index contributed by atoms with van der Waals surface area (Å²) in [5.74, 6) is 0.561. The molecule has 1 aromatic rings. The predicted molar refractivity (Wildman–Crippen MR) is 128 cm³/mol. The lowest BCUT2D eigenvalue weighted by Gasteiger charge is -2.38. The second-order valence-electron chi connectivity index (χ2n) is 9.48. The normalized spacial score (nSPS) is 23.2. The monoisotopic (exact) mass is 464 g/mol. The fourth-order valence-electron chi connectivity index (χ4n) is 5.00. The van der Waals surface area contributed by atoms with E-state index in [0.29, 0.717) is 36.8 Å². The molecule has 2 atom stereocenters. The third kappa shape index (κ3) is 6.16. The molecule has 0 radical (unpaired) electrons. The lowest BCUT2D eigenvalue weighted by molar-refractivity contribution is -0.137. The molecule has 1 amide bonds. The summed E-state index contributed by atoms with van der Waals surface area (Å²) in [5, 5.41) is 3.15. The topological polar surface area (TPSA) is 47.9 Å². The summed E-state index contributed by atoms with van der Waals surface area (Å²) < 4.78 is 40.6. The molecule has 1 unspecified atom stereocenters. The zero-order valence-electron chi connectivity index (χ0n) is 19.8. The van der Waals surface area contributed by atoms with E-state index < -0.39 is 11.7 Å². The molecule has 5 nitrogen and oxygen atoms in total. The number of alkyl halides is 3. The second kappa shape index (κ2) is 10.7. The number of carbonyl (C=O) groups is 1. The van der Waals surface area contributed by atoms with E-state index in [4.69, 9.17) is 0 Å². The van der Waals surface area contributed by atoms with Crippen molar-refractivity contribution in [3.05, 3.63) is 29.3 Å². The van der Waals surface area contributed by atoms with Crippen LogP contribution in [-0.2, 0) is 11.0 Å². The van der Waals surface area contributed by atoms with E-state index in [2.05, 4.69) is 35.9 Å². The molecule has 2 heterocycles. The van der Waals surface area contributed by atoms with Crippen LogP contribution in [0.5, 0.6) is 0 Å². The standard InChI is InChI=1S/C25H35F3N4O/c1-5-6-20-22(8-7-21(23(20)29-3)25(26,27)28)32-15-17(2)13-19(16-32)24(33)30-14-18-9-11-31(4)12-10-18/h5-8,17-19H,3,9-16H2,1-2,4H3,(H,30,33)/b6-5-/t17?,19-/m0/s1. The van der Waals surface area contributed by atoms with Gasteiger partial charge in [-0.25, -0.2) is 0 Å². The van der Waals surface area contributed by atoms with Crippen molar-refractivity contribution >= 4 is 30.1 Å². The first-order chi connectivity index (χ1) is 15.6. The zero-order chi connectivity index (χ0) is 24.2. The van der Waals surface area contributed by atoms with Gasteiger partial charge in [0.2, 0.25) is 5.91 Å². The SMILES string of the molecule is C=Nc1c(C(F)(F)F)ccc(N2CC(C)C[C@H](C(=O)NCC3CCN(C)CC3)C2)c1/C=C\C. The van der Waals surface area contributed by atoms with Gasteiger partial charge in [-0.2, -0.15) is 13.2 Å². The van der Waals surface area contributed by atoms with Crippen LogP contribution < -0.4 is 10.2 Å². The summed E-state index contributed by atoms with van der Waals surface area (Å²) in [4.78, 5) is 21.1. The van der Waals surface area contributed by atoms with Gasteiger partial charge in [-0.15, -0.1) is 0 Å². The molecule has 33 heavy (non-hydrogen) atoms. The van der Waals surface area contributed by atoms with Crippen LogP contribution >= 0.6 is 0 Å². The van der Waals surface area contributed by atoms with Crippen LogP contribution in [0, 0.1) is 17.8 Å². The Labute approximate surface area is 194 Å². The maximum absolute atomic E-state index is 13.5. The van der Waals surface area contributed by atoms with Gasteiger partial charge in [-0.05, 0) is 77.0 Å². The number of hydrogen-bond acceptors (Lipinski definition) is 4. The number of allylic oxidation sites excluding steroid dienone is 1. The van der Waals surface area contributed by atoms with Crippen molar-refractivity contribution in [2.75, 3.05) is 44.7 Å². The van der Waals surface area contributed by atoms with E-state index >= 15 is 0 Å². The fraction of sp³-hybridized carbons (Fsp3) is 0.600. The van der Waals surface area contributed by atoms with Crippen LogP contribution in [0.15, 0.2) is 23.2 Å². The molecule has 2 saturated heterocycles. The Morgan fingerprint density at radius 1 is 1.27 bits per heavy atom. The minimum absolute atomic E-state index is 0.0343. The van der Waals surface area contributed by atoms with Gasteiger partial charge < -0.3 is 15.1 Å². The van der Waals surface area contributed by atoms with Crippen LogP contribution in [0.4, 0.5) is 24.5 Å². The van der Waals surface area contributed by atoms with Gasteiger partial charge in [0, 0.05) is 30.9 Å². The van der Waals surface area contributed by atoms with Crippen LogP contribution in [0.2, 0.25) is 0 Å². The summed E-state index contributed by atoms with van der Waals surface area (Å²) in [6, 6.07) is 2.57. The molecule has 0 aliphatic carbocycles. The molecule has 1 N–H and O–H groups in total. The molecule has 0 bridgehead atoms. The Hall–Kier alpha value is -2.35. The first-order valence-electron chi connectivity index (χ1n) is 11.7. The summed E-state index contributed by atoms with van der Waals surface area (Å²) in [6.45, 7) is 11.2. The third-order valence-electron chi connectivity index (χ3n) is 6.77. The van der Waals surface area contributed by atoms with E-state index in [1.54, 1.807) is 19.1 Å². The van der Waals surface area contributed by atoms with Gasteiger partial charge in [0.1, 0.15) is 0 Å². The number of hydrogen-bond donors (Lipinski definition) is 1. The number of nitrogens with one attached hydrogen (secondary N) is 1. The van der Waals surface area contributed by atoms with Gasteiger partial charge in [0.25, 0.3) is 0 Å². The van der Waals surface area contributed by atoms with Gasteiger partial charge in [-0.3, -0.25) is 9.79 Å². The number of aliphatic imine (C=N–C) groups is 1. The van der Waals surface area contributed by atoms with E-state index in [9.17, 15) is 18.0 Å². The lowest BCUT2D eigenvalue weighted by atomic mass is 9.88. The Balaban J connectivity index is 1.79. The fourth-order valence-corrected chi connectivity index (χ4v) is 5.00. The van der Waals surface area contributed by atoms with Gasteiger partial charge in [0.05, 0.1) is 17.2 Å². The first-order valence-corrected chi connectivity index (χ1v) is 11.7. The van der Waals surface area contributed by atoms with Gasteiger partial charge in [-0.1, -0.05) is 19.1 Å². The van der Waals surface area contributed by atoms with Crippen LogP contribution in [0.25, 0.3) is 6.08 Å². The number of halogens is 3. The third-order valence-corrected chi connectivity index (χ3v) is 6.77. The van der Waals surface area contributed by atoms with Gasteiger partial charge >= 0.3 is 6.18 Å². The average Bonchev–Trinajstić information content (AvgIpc) is 2.77. The number of amides is 1. The molecule has 3 rings (SSSR count). The number of anilines is 1. The van der Waals surface area contributed by atoms with Crippen LogP contribution in [-0.4, -0.2) is 57.3 Å². The summed E-state index contributed by atoms with van der Waals surface area (Å²) >= 11 is 0. The van der Waals surface area contributed by atoms with Crippen molar-refractivity contribution in [2.45, 2.75) is 39.3 Å². The van der Waals surface area contributed by atoms with Crippen LogP contribution in [0.1, 0.15) is 44.2 Å². The number of rotatable bonds is 6. The molecule has 0 saturated carbocycles. The Morgan fingerprint density at radius 3 is 2.58 bits per heavy atom. The summed E-state index contributed by atoms with van der Waals surface area (Å²) in [5.41, 5.74) is 0.0801. The van der Waals surface area contributed by atoms with E-state index in [0.717, 1.165) is 38.4 Å². The number of benzene rings is 1. The van der Waals surface area contributed by atoms with Crippen molar-refractivity contribution in [3.63, 3.8) is 0 Å².